The molecule has 0 aromatic heterocycles. The molecule has 2 rings (SSSR count). The lowest BCUT2D eigenvalue weighted by molar-refractivity contribution is -0.133. The highest BCUT2D eigenvalue weighted by molar-refractivity contribution is 5.90. The molecule has 0 bridgehead atoms. The van der Waals surface area contributed by atoms with Crippen molar-refractivity contribution in [1.29, 1.82) is 0 Å². The Kier molecular flexibility index (Phi) is 2.21. The number of hydrogen-bond acceptors (Lipinski definition) is 2. The Balaban J connectivity index is 2.08. The molecule has 1 N–H and O–H groups in total. The molecule has 1 aliphatic heterocycles. The molecule has 1 saturated heterocycles. The molecule has 0 radical (unpaired) electrons. The van der Waals surface area contributed by atoms with Crippen LogP contribution in [0.4, 0.5) is 0 Å². The van der Waals surface area contributed by atoms with Gasteiger partial charge in [0.1, 0.15) is 6.04 Å². The van der Waals surface area contributed by atoms with E-state index in [9.17, 15) is 9.59 Å². The third kappa shape index (κ3) is 1.61. The van der Waals surface area contributed by atoms with E-state index in [2.05, 4.69) is 12.2 Å². The van der Waals surface area contributed by atoms with E-state index in [0.29, 0.717) is 24.9 Å². The molecule has 14 heavy (non-hydrogen) atoms. The summed E-state index contributed by atoms with van der Waals surface area (Å²) in [6.07, 6.45) is 1.53. The van der Waals surface area contributed by atoms with Crippen molar-refractivity contribution in [2.24, 2.45) is 5.92 Å². The number of nitrogens with zero attached hydrogens (tertiary/aromatic N) is 1. The number of rotatable bonds is 1. The number of amides is 2. The van der Waals surface area contributed by atoms with Gasteiger partial charge in [-0.05, 0) is 19.3 Å². The zero-order valence-corrected chi connectivity index (χ0v) is 8.62. The largest absolute Gasteiger partial charge is 0.345 e. The maximum absolute atomic E-state index is 11.8. The van der Waals surface area contributed by atoms with Gasteiger partial charge >= 0.3 is 0 Å². The molecule has 0 spiro atoms. The third-order valence-electron chi connectivity index (χ3n) is 3.08. The van der Waals surface area contributed by atoms with Gasteiger partial charge in [0, 0.05) is 19.0 Å². The topological polar surface area (TPSA) is 49.4 Å². The van der Waals surface area contributed by atoms with Gasteiger partial charge in [-0.3, -0.25) is 9.59 Å². The summed E-state index contributed by atoms with van der Waals surface area (Å²) in [7, 11) is 0. The van der Waals surface area contributed by atoms with Crippen LogP contribution in [-0.2, 0) is 9.59 Å². The molecule has 0 aromatic rings. The second kappa shape index (κ2) is 3.26. The quantitative estimate of drug-likeness (QED) is 0.648. The standard InChI is InChI=1S/C10H16N2O2/c1-6-5-8(6)12-4-3-9(13)11-7(2)10(12)14/h6-8H,3-5H2,1-2H3,(H,11,13). The van der Waals surface area contributed by atoms with E-state index in [1.54, 1.807) is 6.92 Å². The van der Waals surface area contributed by atoms with Crippen LogP contribution >= 0.6 is 0 Å². The van der Waals surface area contributed by atoms with Crippen molar-refractivity contribution >= 4 is 11.8 Å². The van der Waals surface area contributed by atoms with Crippen molar-refractivity contribution in [1.82, 2.24) is 10.2 Å². The number of carbonyl (C=O) groups excluding carboxylic acids is 2. The fourth-order valence-electron chi connectivity index (χ4n) is 2.02. The lowest BCUT2D eigenvalue weighted by Crippen LogP contribution is -2.43. The van der Waals surface area contributed by atoms with Crippen molar-refractivity contribution in [2.45, 2.75) is 38.8 Å². The summed E-state index contributed by atoms with van der Waals surface area (Å²) < 4.78 is 0. The monoisotopic (exact) mass is 196 g/mol. The van der Waals surface area contributed by atoms with Gasteiger partial charge in [0.2, 0.25) is 11.8 Å². The number of carbonyl (C=O) groups is 2. The Labute approximate surface area is 83.6 Å². The molecule has 3 atom stereocenters. The highest BCUT2D eigenvalue weighted by Gasteiger charge is 2.42. The third-order valence-corrected chi connectivity index (χ3v) is 3.08. The smallest absolute Gasteiger partial charge is 0.245 e. The Morgan fingerprint density at radius 1 is 1.36 bits per heavy atom. The van der Waals surface area contributed by atoms with Crippen LogP contribution < -0.4 is 5.32 Å². The Morgan fingerprint density at radius 2 is 2.00 bits per heavy atom. The highest BCUT2D eigenvalue weighted by Crippen LogP contribution is 2.35. The highest BCUT2D eigenvalue weighted by atomic mass is 16.2. The fraction of sp³-hybridized carbons (Fsp3) is 0.800. The van der Waals surface area contributed by atoms with Crippen molar-refractivity contribution < 1.29 is 9.59 Å². The van der Waals surface area contributed by atoms with Crippen LogP contribution in [0.3, 0.4) is 0 Å². The molecule has 1 heterocycles. The normalized spacial score (nSPS) is 37.9. The molecule has 1 saturated carbocycles. The summed E-state index contributed by atoms with van der Waals surface area (Å²) in [5, 5.41) is 2.69. The lowest BCUT2D eigenvalue weighted by Gasteiger charge is -2.22. The summed E-state index contributed by atoms with van der Waals surface area (Å²) in [6, 6.07) is 0.0375. The number of nitrogens with one attached hydrogen (secondary N) is 1. The first kappa shape index (κ1) is 9.49. The van der Waals surface area contributed by atoms with Crippen molar-refractivity contribution in [2.75, 3.05) is 6.54 Å². The Hall–Kier alpha value is -1.06. The minimum absolute atomic E-state index is 0.0124. The predicted molar refractivity (Wildman–Crippen MR) is 51.5 cm³/mol. The van der Waals surface area contributed by atoms with Crippen LogP contribution in [0.5, 0.6) is 0 Å². The van der Waals surface area contributed by atoms with Gasteiger partial charge in [0.25, 0.3) is 0 Å². The first-order chi connectivity index (χ1) is 6.59. The van der Waals surface area contributed by atoms with Gasteiger partial charge in [-0.2, -0.15) is 0 Å². The molecule has 0 aromatic carbocycles. The molecule has 4 nitrogen and oxygen atoms in total. The zero-order chi connectivity index (χ0) is 10.3. The van der Waals surface area contributed by atoms with Crippen LogP contribution in [0.25, 0.3) is 0 Å². The maximum Gasteiger partial charge on any atom is 0.245 e. The summed E-state index contributed by atoms with van der Waals surface area (Å²) in [5.74, 6) is 0.672. The predicted octanol–water partition coefficient (Wildman–Crippen LogP) is 0.132. The SMILES string of the molecule is CC1NC(=O)CCN(C2CC2C)C1=O. The van der Waals surface area contributed by atoms with Crippen molar-refractivity contribution in [3.05, 3.63) is 0 Å². The Morgan fingerprint density at radius 3 is 2.57 bits per heavy atom. The van der Waals surface area contributed by atoms with Crippen LogP contribution in [0.2, 0.25) is 0 Å². The summed E-state index contributed by atoms with van der Waals surface area (Å²) in [6.45, 7) is 4.48. The summed E-state index contributed by atoms with van der Waals surface area (Å²) >= 11 is 0. The van der Waals surface area contributed by atoms with E-state index in [1.807, 2.05) is 4.90 Å². The van der Waals surface area contributed by atoms with Gasteiger partial charge in [0.15, 0.2) is 0 Å². The van der Waals surface area contributed by atoms with Gasteiger partial charge in [0.05, 0.1) is 0 Å². The van der Waals surface area contributed by atoms with Crippen LogP contribution in [0.15, 0.2) is 0 Å². The van der Waals surface area contributed by atoms with Crippen molar-refractivity contribution in [3.63, 3.8) is 0 Å². The van der Waals surface area contributed by atoms with Crippen LogP contribution in [-0.4, -0.2) is 35.3 Å². The second-order valence-corrected chi connectivity index (χ2v) is 4.35. The molecular weight excluding hydrogens is 180 g/mol. The molecule has 3 unspecified atom stereocenters. The van der Waals surface area contributed by atoms with Gasteiger partial charge < -0.3 is 10.2 Å². The molecule has 78 valence electrons. The minimum Gasteiger partial charge on any atom is -0.345 e. The first-order valence-electron chi connectivity index (χ1n) is 5.19. The van der Waals surface area contributed by atoms with E-state index in [4.69, 9.17) is 0 Å². The fourth-order valence-corrected chi connectivity index (χ4v) is 2.02. The Bertz CT molecular complexity index is 277. The van der Waals surface area contributed by atoms with Crippen molar-refractivity contribution in [3.8, 4) is 0 Å². The lowest BCUT2D eigenvalue weighted by atomic mass is 10.3. The summed E-state index contributed by atoms with van der Waals surface area (Å²) in [4.78, 5) is 24.9. The average molecular weight is 196 g/mol. The number of hydrogen-bond donors (Lipinski definition) is 1. The molecule has 1 aliphatic carbocycles. The van der Waals surface area contributed by atoms with E-state index >= 15 is 0 Å². The van der Waals surface area contributed by atoms with Gasteiger partial charge in [-0.15, -0.1) is 0 Å². The molecule has 4 heteroatoms. The minimum atomic E-state index is -0.349. The average Bonchev–Trinajstić information content (AvgIpc) is 2.82. The van der Waals surface area contributed by atoms with E-state index < -0.39 is 0 Å². The van der Waals surface area contributed by atoms with E-state index in [1.165, 1.54) is 0 Å². The molecule has 2 fully saturated rings. The molecular formula is C10H16N2O2. The summed E-state index contributed by atoms with van der Waals surface area (Å²) in [5.41, 5.74) is 0. The second-order valence-electron chi connectivity index (χ2n) is 4.35. The first-order valence-corrected chi connectivity index (χ1v) is 5.19. The maximum atomic E-state index is 11.8. The molecule has 2 aliphatic rings. The van der Waals surface area contributed by atoms with Crippen LogP contribution in [0, 0.1) is 5.92 Å². The van der Waals surface area contributed by atoms with Gasteiger partial charge in [-0.1, -0.05) is 6.92 Å². The van der Waals surface area contributed by atoms with E-state index in [-0.39, 0.29) is 17.9 Å². The van der Waals surface area contributed by atoms with Gasteiger partial charge in [-0.25, -0.2) is 0 Å². The molecule has 2 amide bonds. The van der Waals surface area contributed by atoms with E-state index in [0.717, 1.165) is 6.42 Å². The zero-order valence-electron chi connectivity index (χ0n) is 8.62. The van der Waals surface area contributed by atoms with Crippen LogP contribution in [0.1, 0.15) is 26.7 Å².